The second kappa shape index (κ2) is 9.34. The molecular weight excluding hydrogens is 406 g/mol. The molecule has 0 aliphatic rings. The van der Waals surface area contributed by atoms with Crippen LogP contribution in [0, 0.1) is 6.92 Å². The van der Waals surface area contributed by atoms with Crippen LogP contribution in [-0.2, 0) is 9.59 Å². The lowest BCUT2D eigenvalue weighted by Gasteiger charge is -2.06. The van der Waals surface area contributed by atoms with Gasteiger partial charge in [0.15, 0.2) is 0 Å². The molecule has 0 bridgehead atoms. The molecule has 25 heavy (non-hydrogen) atoms. The van der Waals surface area contributed by atoms with Crippen LogP contribution >= 0.6 is 27.5 Å². The van der Waals surface area contributed by atoms with Crippen molar-refractivity contribution in [3.05, 3.63) is 63.1 Å². The number of hydrogen-bond donors (Lipinski definition) is 2. The molecule has 0 aliphatic carbocycles. The molecule has 2 rings (SSSR count). The van der Waals surface area contributed by atoms with Crippen LogP contribution in [0.15, 0.2) is 52.0 Å². The van der Waals surface area contributed by atoms with Crippen LogP contribution in [0.3, 0.4) is 0 Å². The van der Waals surface area contributed by atoms with Gasteiger partial charge >= 0.3 is 0 Å². The van der Waals surface area contributed by atoms with Gasteiger partial charge in [0.25, 0.3) is 0 Å². The van der Waals surface area contributed by atoms with E-state index in [1.54, 1.807) is 12.1 Å². The Hall–Kier alpha value is -2.18. The Morgan fingerprint density at radius 2 is 1.92 bits per heavy atom. The van der Waals surface area contributed by atoms with Gasteiger partial charge in [-0.25, -0.2) is 5.43 Å². The predicted octanol–water partition coefficient (Wildman–Crippen LogP) is 4.28. The molecular formula is C18H17BrClN3O2. The first-order valence-corrected chi connectivity index (χ1v) is 8.74. The van der Waals surface area contributed by atoms with Crippen LogP contribution in [-0.4, -0.2) is 18.0 Å². The van der Waals surface area contributed by atoms with Gasteiger partial charge in [0.2, 0.25) is 11.8 Å². The standard InChI is InChI=1S/C18H17BrClN3O2/c1-12-5-6-15(10-16(12)20)22-17(24)7-8-18(25)23-21-11-13-3-2-4-14(19)9-13/h2-6,9-11H,7-8H2,1H3,(H,22,24)(H,23,25). The van der Waals surface area contributed by atoms with E-state index in [1.165, 1.54) is 6.21 Å². The average Bonchev–Trinajstić information content (AvgIpc) is 2.56. The number of hydrazone groups is 1. The van der Waals surface area contributed by atoms with Crippen molar-refractivity contribution in [2.45, 2.75) is 19.8 Å². The average molecular weight is 423 g/mol. The van der Waals surface area contributed by atoms with Crippen molar-refractivity contribution in [2.75, 3.05) is 5.32 Å². The zero-order valence-corrected chi connectivity index (χ0v) is 15.9. The maximum atomic E-state index is 11.9. The van der Waals surface area contributed by atoms with E-state index in [1.807, 2.05) is 37.3 Å². The molecule has 0 fully saturated rings. The van der Waals surface area contributed by atoms with Crippen LogP contribution in [0.5, 0.6) is 0 Å². The van der Waals surface area contributed by atoms with Crippen LogP contribution in [0.1, 0.15) is 24.0 Å². The van der Waals surface area contributed by atoms with Gasteiger partial charge in [-0.1, -0.05) is 45.7 Å². The van der Waals surface area contributed by atoms with Crippen molar-refractivity contribution < 1.29 is 9.59 Å². The second-order valence-corrected chi connectivity index (χ2v) is 6.68. The largest absolute Gasteiger partial charge is 0.326 e. The lowest BCUT2D eigenvalue weighted by Crippen LogP contribution is -2.20. The minimum Gasteiger partial charge on any atom is -0.326 e. The summed E-state index contributed by atoms with van der Waals surface area (Å²) >= 11 is 9.37. The summed E-state index contributed by atoms with van der Waals surface area (Å²) < 4.78 is 0.927. The number of hydrogen-bond acceptors (Lipinski definition) is 3. The molecule has 2 N–H and O–H groups in total. The number of benzene rings is 2. The molecule has 0 saturated carbocycles. The Labute approximate surface area is 159 Å². The van der Waals surface area contributed by atoms with Crippen molar-refractivity contribution in [3.63, 3.8) is 0 Å². The van der Waals surface area contributed by atoms with Gasteiger partial charge in [0, 0.05) is 28.0 Å². The summed E-state index contributed by atoms with van der Waals surface area (Å²) in [6, 6.07) is 12.8. The van der Waals surface area contributed by atoms with Crippen molar-refractivity contribution in [3.8, 4) is 0 Å². The van der Waals surface area contributed by atoms with Crippen LogP contribution < -0.4 is 10.7 Å². The fourth-order valence-corrected chi connectivity index (χ4v) is 2.54. The highest BCUT2D eigenvalue weighted by Crippen LogP contribution is 2.20. The van der Waals surface area contributed by atoms with E-state index < -0.39 is 0 Å². The number of amides is 2. The molecule has 5 nitrogen and oxygen atoms in total. The van der Waals surface area contributed by atoms with E-state index in [-0.39, 0.29) is 24.7 Å². The van der Waals surface area contributed by atoms with Gasteiger partial charge in [-0.3, -0.25) is 9.59 Å². The van der Waals surface area contributed by atoms with Crippen LogP contribution in [0.25, 0.3) is 0 Å². The molecule has 0 radical (unpaired) electrons. The van der Waals surface area contributed by atoms with Gasteiger partial charge in [-0.2, -0.15) is 5.10 Å². The zero-order valence-electron chi connectivity index (χ0n) is 13.6. The normalized spacial score (nSPS) is 10.7. The Morgan fingerprint density at radius 3 is 2.64 bits per heavy atom. The summed E-state index contributed by atoms with van der Waals surface area (Å²) in [6.45, 7) is 1.88. The van der Waals surface area contributed by atoms with E-state index in [0.29, 0.717) is 10.7 Å². The van der Waals surface area contributed by atoms with Gasteiger partial charge in [0.05, 0.1) is 6.21 Å². The predicted molar refractivity (Wildman–Crippen MR) is 104 cm³/mol. The molecule has 7 heteroatoms. The summed E-state index contributed by atoms with van der Waals surface area (Å²) in [5.74, 6) is -0.589. The maximum absolute atomic E-state index is 11.9. The number of nitrogens with zero attached hydrogens (tertiary/aromatic N) is 1. The Bertz CT molecular complexity index is 809. The number of carbonyl (C=O) groups is 2. The minimum absolute atomic E-state index is 0.0429. The zero-order chi connectivity index (χ0) is 18.2. The summed E-state index contributed by atoms with van der Waals surface area (Å²) in [5, 5.41) is 7.16. The first-order valence-electron chi connectivity index (χ1n) is 7.57. The summed E-state index contributed by atoms with van der Waals surface area (Å²) in [7, 11) is 0. The summed E-state index contributed by atoms with van der Waals surface area (Å²) in [6.07, 6.45) is 1.64. The molecule has 2 aromatic carbocycles. The fourth-order valence-electron chi connectivity index (χ4n) is 1.94. The first kappa shape index (κ1) is 19.1. The Morgan fingerprint density at radius 1 is 1.16 bits per heavy atom. The first-order chi connectivity index (χ1) is 11.9. The number of anilines is 1. The highest BCUT2D eigenvalue weighted by Gasteiger charge is 2.07. The van der Waals surface area contributed by atoms with Crippen molar-refractivity contribution in [1.29, 1.82) is 0 Å². The highest BCUT2D eigenvalue weighted by atomic mass is 79.9. The highest BCUT2D eigenvalue weighted by molar-refractivity contribution is 9.10. The summed E-state index contributed by atoms with van der Waals surface area (Å²) in [4.78, 5) is 23.6. The van der Waals surface area contributed by atoms with E-state index in [2.05, 4.69) is 31.8 Å². The van der Waals surface area contributed by atoms with Gasteiger partial charge in [-0.05, 0) is 42.3 Å². The van der Waals surface area contributed by atoms with Crippen LogP contribution in [0.2, 0.25) is 5.02 Å². The lowest BCUT2D eigenvalue weighted by atomic mass is 10.2. The van der Waals surface area contributed by atoms with E-state index in [4.69, 9.17) is 11.6 Å². The number of halogens is 2. The van der Waals surface area contributed by atoms with Gasteiger partial charge in [0.1, 0.15) is 0 Å². The molecule has 2 amide bonds. The molecule has 130 valence electrons. The molecule has 0 aliphatic heterocycles. The van der Waals surface area contributed by atoms with Crippen molar-refractivity contribution in [1.82, 2.24) is 5.43 Å². The monoisotopic (exact) mass is 421 g/mol. The quantitative estimate of drug-likeness (QED) is 0.539. The van der Waals surface area contributed by atoms with Crippen molar-refractivity contribution >= 4 is 51.2 Å². The van der Waals surface area contributed by atoms with Gasteiger partial charge < -0.3 is 5.32 Å². The number of nitrogens with one attached hydrogen (secondary N) is 2. The molecule has 0 atom stereocenters. The Balaban J connectivity index is 1.75. The molecule has 0 spiro atoms. The smallest absolute Gasteiger partial charge is 0.240 e. The second-order valence-electron chi connectivity index (χ2n) is 5.36. The third kappa shape index (κ3) is 6.68. The molecule has 0 saturated heterocycles. The third-order valence-electron chi connectivity index (χ3n) is 3.29. The van der Waals surface area contributed by atoms with Gasteiger partial charge in [-0.15, -0.1) is 0 Å². The third-order valence-corrected chi connectivity index (χ3v) is 4.19. The molecule has 2 aromatic rings. The maximum Gasteiger partial charge on any atom is 0.240 e. The van der Waals surface area contributed by atoms with E-state index in [9.17, 15) is 9.59 Å². The topological polar surface area (TPSA) is 70.6 Å². The lowest BCUT2D eigenvalue weighted by molar-refractivity contribution is -0.124. The number of rotatable bonds is 6. The fraction of sp³-hybridized carbons (Fsp3) is 0.167. The number of carbonyl (C=O) groups excluding carboxylic acids is 2. The van der Waals surface area contributed by atoms with E-state index >= 15 is 0 Å². The SMILES string of the molecule is Cc1ccc(NC(=O)CCC(=O)NN=Cc2cccc(Br)c2)cc1Cl. The molecule has 0 unspecified atom stereocenters. The minimum atomic E-state index is -0.330. The van der Waals surface area contributed by atoms with E-state index in [0.717, 1.165) is 15.6 Å². The van der Waals surface area contributed by atoms with Crippen molar-refractivity contribution in [2.24, 2.45) is 5.10 Å². The molecule has 0 aromatic heterocycles. The Kier molecular flexibility index (Phi) is 7.16. The summed E-state index contributed by atoms with van der Waals surface area (Å²) in [5.41, 5.74) is 4.79. The molecule has 0 heterocycles. The number of aryl methyl sites for hydroxylation is 1. The van der Waals surface area contributed by atoms with Crippen LogP contribution in [0.4, 0.5) is 5.69 Å².